The van der Waals surface area contributed by atoms with Gasteiger partial charge in [-0.2, -0.15) is 21.6 Å². The van der Waals surface area contributed by atoms with Crippen LogP contribution in [0.25, 0.3) is 0 Å². The zero-order chi connectivity index (χ0) is 14.7. The van der Waals surface area contributed by atoms with E-state index >= 15 is 0 Å². The Morgan fingerprint density at radius 2 is 1.89 bits per heavy atom. The molecule has 0 aliphatic heterocycles. The summed E-state index contributed by atoms with van der Waals surface area (Å²) in [6.07, 6.45) is -6.37. The minimum atomic E-state index is -4.67. The summed E-state index contributed by atoms with van der Waals surface area (Å²) in [6, 6.07) is 5.01. The molecule has 1 amide bonds. The number of anilines is 1. The van der Waals surface area contributed by atoms with Crippen LogP contribution in [0.2, 0.25) is 0 Å². The van der Waals surface area contributed by atoms with Gasteiger partial charge in [-0.25, -0.2) is 0 Å². The van der Waals surface area contributed by atoms with E-state index in [-0.39, 0.29) is 5.69 Å². The molecule has 0 atom stereocenters. The van der Waals surface area contributed by atoms with Crippen molar-refractivity contribution in [2.75, 3.05) is 12.4 Å². The van der Waals surface area contributed by atoms with Crippen LogP contribution in [0.15, 0.2) is 29.2 Å². The number of halogens is 3. The van der Waals surface area contributed by atoms with E-state index in [9.17, 15) is 26.4 Å². The van der Waals surface area contributed by atoms with Crippen molar-refractivity contribution in [2.24, 2.45) is 0 Å². The molecule has 0 bridgehead atoms. The monoisotopic (exact) mass is 297 g/mol. The molecule has 0 heterocycles. The lowest BCUT2D eigenvalue weighted by Gasteiger charge is -2.11. The molecule has 0 fully saturated rings. The normalized spacial score (nSPS) is 12.2. The summed E-state index contributed by atoms with van der Waals surface area (Å²) in [6.45, 7) is 0. The van der Waals surface area contributed by atoms with Gasteiger partial charge in [-0.1, -0.05) is 12.1 Å². The summed E-state index contributed by atoms with van der Waals surface area (Å²) < 4.78 is 63.2. The topological polar surface area (TPSA) is 72.5 Å². The SMILES string of the molecule is COS(=O)(=O)c1ccccc1NC(=O)CC(F)(F)F. The molecule has 9 heteroatoms. The van der Waals surface area contributed by atoms with E-state index in [2.05, 4.69) is 4.18 Å². The van der Waals surface area contributed by atoms with Crippen LogP contribution in [0.3, 0.4) is 0 Å². The van der Waals surface area contributed by atoms with Crippen LogP contribution in [-0.4, -0.2) is 27.6 Å². The molecular formula is C10H10F3NO4S. The number of rotatable bonds is 4. The third kappa shape index (κ3) is 4.52. The highest BCUT2D eigenvalue weighted by molar-refractivity contribution is 7.87. The van der Waals surface area contributed by atoms with Gasteiger partial charge in [0.2, 0.25) is 5.91 Å². The molecule has 0 aliphatic rings. The van der Waals surface area contributed by atoms with Crippen molar-refractivity contribution in [2.45, 2.75) is 17.5 Å². The average molecular weight is 297 g/mol. The molecule has 0 aromatic heterocycles. The number of carbonyl (C=O) groups is 1. The first-order valence-electron chi connectivity index (χ1n) is 4.92. The van der Waals surface area contributed by atoms with Crippen molar-refractivity contribution in [3.05, 3.63) is 24.3 Å². The number of hydrogen-bond donors (Lipinski definition) is 1. The summed E-state index contributed by atoms with van der Waals surface area (Å²) in [5.41, 5.74) is -0.265. The summed E-state index contributed by atoms with van der Waals surface area (Å²) in [5.74, 6) is -1.36. The molecule has 19 heavy (non-hydrogen) atoms. The Labute approximate surface area is 107 Å². The van der Waals surface area contributed by atoms with Crippen LogP contribution >= 0.6 is 0 Å². The number of alkyl halides is 3. The van der Waals surface area contributed by atoms with Gasteiger partial charge in [0.1, 0.15) is 11.3 Å². The van der Waals surface area contributed by atoms with Crippen molar-refractivity contribution >= 4 is 21.7 Å². The highest BCUT2D eigenvalue weighted by Gasteiger charge is 2.31. The minimum Gasteiger partial charge on any atom is -0.325 e. The van der Waals surface area contributed by atoms with Gasteiger partial charge in [-0.05, 0) is 12.1 Å². The Bertz CT molecular complexity index is 568. The third-order valence-electron chi connectivity index (χ3n) is 2.01. The van der Waals surface area contributed by atoms with E-state index in [0.29, 0.717) is 0 Å². The molecule has 0 radical (unpaired) electrons. The molecule has 5 nitrogen and oxygen atoms in total. The Balaban J connectivity index is 3.00. The number of benzene rings is 1. The van der Waals surface area contributed by atoms with Gasteiger partial charge in [0.05, 0.1) is 12.8 Å². The largest absolute Gasteiger partial charge is 0.397 e. The number of para-hydroxylation sites is 1. The van der Waals surface area contributed by atoms with Crippen LogP contribution in [0, 0.1) is 0 Å². The third-order valence-corrected chi connectivity index (χ3v) is 3.34. The predicted octanol–water partition coefficient (Wildman–Crippen LogP) is 1.91. The van der Waals surface area contributed by atoms with Crippen molar-refractivity contribution in [3.63, 3.8) is 0 Å². The smallest absolute Gasteiger partial charge is 0.325 e. The Kier molecular flexibility index (Phi) is 4.53. The average Bonchev–Trinajstić information content (AvgIpc) is 2.27. The molecule has 0 unspecified atom stereocenters. The van der Waals surface area contributed by atoms with E-state index in [0.717, 1.165) is 13.2 Å². The van der Waals surface area contributed by atoms with E-state index in [1.165, 1.54) is 18.2 Å². The molecule has 1 aromatic rings. The number of carbonyl (C=O) groups excluding carboxylic acids is 1. The second-order valence-electron chi connectivity index (χ2n) is 3.46. The molecule has 1 aromatic carbocycles. The van der Waals surface area contributed by atoms with Crippen molar-refractivity contribution < 1.29 is 30.6 Å². The maximum Gasteiger partial charge on any atom is 0.397 e. The lowest BCUT2D eigenvalue weighted by atomic mass is 10.3. The quantitative estimate of drug-likeness (QED) is 0.862. The second-order valence-corrected chi connectivity index (χ2v) is 5.14. The molecule has 0 saturated carbocycles. The van der Waals surface area contributed by atoms with Gasteiger partial charge in [0, 0.05) is 0 Å². The highest BCUT2D eigenvalue weighted by Crippen LogP contribution is 2.24. The fourth-order valence-electron chi connectivity index (χ4n) is 1.25. The predicted molar refractivity (Wildman–Crippen MR) is 59.9 cm³/mol. The molecule has 0 aliphatic carbocycles. The Hall–Kier alpha value is -1.61. The fourth-order valence-corrected chi connectivity index (χ4v) is 2.07. The summed E-state index contributed by atoms with van der Waals surface area (Å²) in [7, 11) is -3.21. The molecule has 106 valence electrons. The Morgan fingerprint density at radius 3 is 2.42 bits per heavy atom. The summed E-state index contributed by atoms with van der Waals surface area (Å²) in [4.78, 5) is 10.7. The van der Waals surface area contributed by atoms with Crippen LogP contribution in [0.5, 0.6) is 0 Å². The zero-order valence-corrected chi connectivity index (χ0v) is 10.5. The van der Waals surface area contributed by atoms with Gasteiger partial charge in [0.25, 0.3) is 10.1 Å². The molecular weight excluding hydrogens is 287 g/mol. The van der Waals surface area contributed by atoms with Crippen molar-refractivity contribution in [1.82, 2.24) is 0 Å². The summed E-state index contributed by atoms with van der Waals surface area (Å²) in [5, 5.41) is 1.89. The first-order chi connectivity index (χ1) is 8.65. The van der Waals surface area contributed by atoms with Gasteiger partial charge >= 0.3 is 6.18 Å². The van der Waals surface area contributed by atoms with E-state index in [1.807, 2.05) is 5.32 Å². The van der Waals surface area contributed by atoms with Crippen LogP contribution in [0.4, 0.5) is 18.9 Å². The molecule has 0 saturated heterocycles. The van der Waals surface area contributed by atoms with Crippen LogP contribution in [-0.2, 0) is 19.1 Å². The van der Waals surface area contributed by atoms with Gasteiger partial charge in [-0.3, -0.25) is 8.98 Å². The molecule has 1 N–H and O–H groups in total. The second kappa shape index (κ2) is 5.57. The fraction of sp³-hybridized carbons (Fsp3) is 0.300. The number of nitrogens with one attached hydrogen (secondary N) is 1. The van der Waals surface area contributed by atoms with Gasteiger partial charge in [-0.15, -0.1) is 0 Å². The van der Waals surface area contributed by atoms with Crippen LogP contribution in [0.1, 0.15) is 6.42 Å². The highest BCUT2D eigenvalue weighted by atomic mass is 32.2. The standard InChI is InChI=1S/C10H10F3NO4S/c1-18-19(16,17)8-5-3-2-4-7(8)14-9(15)6-10(11,12)13/h2-5H,6H2,1H3,(H,14,15). The van der Waals surface area contributed by atoms with Crippen LogP contribution < -0.4 is 5.32 Å². The Morgan fingerprint density at radius 1 is 1.32 bits per heavy atom. The summed E-state index contributed by atoms with van der Waals surface area (Å²) >= 11 is 0. The van der Waals surface area contributed by atoms with Crippen molar-refractivity contribution in [3.8, 4) is 0 Å². The van der Waals surface area contributed by atoms with E-state index < -0.39 is 33.5 Å². The lowest BCUT2D eigenvalue weighted by Crippen LogP contribution is -2.22. The van der Waals surface area contributed by atoms with E-state index in [4.69, 9.17) is 0 Å². The van der Waals surface area contributed by atoms with Crippen molar-refractivity contribution in [1.29, 1.82) is 0 Å². The first-order valence-corrected chi connectivity index (χ1v) is 6.33. The molecule has 1 rings (SSSR count). The maximum atomic E-state index is 12.0. The lowest BCUT2D eigenvalue weighted by molar-refractivity contribution is -0.150. The first kappa shape index (κ1) is 15.4. The van der Waals surface area contributed by atoms with Gasteiger partial charge in [0.15, 0.2) is 0 Å². The van der Waals surface area contributed by atoms with Gasteiger partial charge < -0.3 is 5.32 Å². The molecule has 0 spiro atoms. The number of amides is 1. The van der Waals surface area contributed by atoms with E-state index in [1.54, 1.807) is 0 Å². The minimum absolute atomic E-state index is 0.265. The number of hydrogen-bond acceptors (Lipinski definition) is 4. The zero-order valence-electron chi connectivity index (χ0n) is 9.69. The maximum absolute atomic E-state index is 12.0.